The zero-order valence-corrected chi connectivity index (χ0v) is 22.1. The molecule has 4 bridgehead atoms. The first-order valence-corrected chi connectivity index (χ1v) is 12.9. The fraction of sp³-hybridized carbons (Fsp3) is 0.348. The Morgan fingerprint density at radius 3 is 1.22 bits per heavy atom. The second kappa shape index (κ2) is 7.92. The van der Waals surface area contributed by atoms with Gasteiger partial charge < -0.3 is 0 Å². The van der Waals surface area contributed by atoms with Gasteiger partial charge in [0.15, 0.2) is 0 Å². The van der Waals surface area contributed by atoms with E-state index in [1.54, 1.807) is 0 Å². The summed E-state index contributed by atoms with van der Waals surface area (Å²) >= 11 is 10.7. The standard InChI is InChI=1S/C23H21Br3N6/c1-23-11-30-20(14-5-2-8-17(24)27-14)31(12-23)22(16-7-4-10-19(26)29-16)32(13-23)21(30)15-6-3-9-18(25)28-15/h2-10,20-22H,11-13H2,1H3. The first kappa shape index (κ1) is 21.3. The zero-order valence-electron chi connectivity index (χ0n) is 17.4. The minimum absolute atomic E-state index is 0.0358. The molecule has 0 radical (unpaired) electrons. The molecule has 6 nitrogen and oxygen atoms in total. The van der Waals surface area contributed by atoms with Gasteiger partial charge in [0.2, 0.25) is 0 Å². The molecule has 0 atom stereocenters. The Bertz CT molecular complexity index is 1030. The monoisotopic (exact) mass is 618 g/mol. The maximum absolute atomic E-state index is 4.89. The summed E-state index contributed by atoms with van der Waals surface area (Å²) in [6.07, 6.45) is 0.107. The number of pyridine rings is 3. The average Bonchev–Trinajstić information content (AvgIpc) is 2.73. The van der Waals surface area contributed by atoms with Crippen LogP contribution in [-0.4, -0.2) is 49.3 Å². The molecule has 4 saturated heterocycles. The topological polar surface area (TPSA) is 48.4 Å². The van der Waals surface area contributed by atoms with Crippen LogP contribution in [0.5, 0.6) is 0 Å². The Morgan fingerprint density at radius 1 is 0.625 bits per heavy atom. The predicted molar refractivity (Wildman–Crippen MR) is 132 cm³/mol. The van der Waals surface area contributed by atoms with E-state index in [0.29, 0.717) is 0 Å². The molecule has 0 unspecified atom stereocenters. The molecule has 0 aromatic carbocycles. The highest BCUT2D eigenvalue weighted by molar-refractivity contribution is 9.11. The van der Waals surface area contributed by atoms with Crippen molar-refractivity contribution in [2.24, 2.45) is 5.41 Å². The summed E-state index contributed by atoms with van der Waals surface area (Å²) in [4.78, 5) is 22.3. The van der Waals surface area contributed by atoms with E-state index in [9.17, 15) is 0 Å². The number of nitrogens with zero attached hydrogens (tertiary/aromatic N) is 6. The lowest BCUT2D eigenvalue weighted by Gasteiger charge is -2.69. The second-order valence-electron chi connectivity index (χ2n) is 9.10. The van der Waals surface area contributed by atoms with Gasteiger partial charge in [0.25, 0.3) is 0 Å². The summed E-state index contributed by atoms with van der Waals surface area (Å²) in [6.45, 7) is 5.38. The lowest BCUT2D eigenvalue weighted by molar-refractivity contribution is -0.284. The van der Waals surface area contributed by atoms with Gasteiger partial charge >= 0.3 is 0 Å². The van der Waals surface area contributed by atoms with E-state index < -0.39 is 0 Å². The maximum atomic E-state index is 4.89. The molecule has 3 aromatic heterocycles. The van der Waals surface area contributed by atoms with E-state index >= 15 is 0 Å². The van der Waals surface area contributed by atoms with Crippen molar-refractivity contribution in [1.82, 2.24) is 29.7 Å². The Labute approximate surface area is 212 Å². The highest BCUT2D eigenvalue weighted by atomic mass is 79.9. The minimum Gasteiger partial charge on any atom is -0.261 e. The molecule has 0 amide bonds. The van der Waals surface area contributed by atoms with Crippen molar-refractivity contribution < 1.29 is 0 Å². The summed E-state index contributed by atoms with van der Waals surface area (Å²) in [5.74, 6) is 0. The summed E-state index contributed by atoms with van der Waals surface area (Å²) in [6, 6.07) is 18.5. The van der Waals surface area contributed by atoms with Gasteiger partial charge in [-0.15, -0.1) is 0 Å². The highest BCUT2D eigenvalue weighted by Crippen LogP contribution is 2.57. The lowest BCUT2D eigenvalue weighted by atomic mass is 9.78. The third-order valence-electron chi connectivity index (χ3n) is 6.58. The molecule has 32 heavy (non-hydrogen) atoms. The van der Waals surface area contributed by atoms with E-state index in [1.807, 2.05) is 18.2 Å². The Hall–Kier alpha value is -1.23. The van der Waals surface area contributed by atoms with E-state index in [4.69, 9.17) is 15.0 Å². The van der Waals surface area contributed by atoms with Crippen molar-refractivity contribution in [3.63, 3.8) is 0 Å². The molecule has 4 fully saturated rings. The fourth-order valence-corrected chi connectivity index (χ4v) is 6.76. The molecule has 7 rings (SSSR count). The molecule has 4 aliphatic heterocycles. The van der Waals surface area contributed by atoms with Crippen LogP contribution in [0.25, 0.3) is 0 Å². The van der Waals surface area contributed by atoms with Crippen LogP contribution < -0.4 is 0 Å². The molecular formula is C23H21Br3N6. The summed E-state index contributed by atoms with van der Waals surface area (Å²) in [5, 5.41) is 0. The second-order valence-corrected chi connectivity index (χ2v) is 11.5. The summed E-state index contributed by atoms with van der Waals surface area (Å²) in [5.41, 5.74) is 3.31. The molecule has 0 saturated carbocycles. The molecule has 9 heteroatoms. The van der Waals surface area contributed by atoms with E-state index in [2.05, 4.69) is 106 Å². The summed E-state index contributed by atoms with van der Waals surface area (Å²) < 4.78 is 2.56. The quantitative estimate of drug-likeness (QED) is 0.360. The van der Waals surface area contributed by atoms with Crippen LogP contribution in [-0.2, 0) is 0 Å². The number of rotatable bonds is 3. The van der Waals surface area contributed by atoms with Crippen molar-refractivity contribution in [2.45, 2.75) is 25.4 Å². The van der Waals surface area contributed by atoms with Gasteiger partial charge in [-0.2, -0.15) is 0 Å². The normalized spacial score (nSPS) is 35.2. The van der Waals surface area contributed by atoms with E-state index in [1.165, 1.54) is 0 Å². The third-order valence-corrected chi connectivity index (χ3v) is 7.91. The van der Waals surface area contributed by atoms with Crippen LogP contribution in [0.1, 0.15) is 42.5 Å². The highest BCUT2D eigenvalue weighted by Gasteiger charge is 2.60. The van der Waals surface area contributed by atoms with Gasteiger partial charge in [-0.25, -0.2) is 15.0 Å². The van der Waals surface area contributed by atoms with Gasteiger partial charge in [0.05, 0.1) is 17.1 Å². The molecule has 0 spiro atoms. The largest absolute Gasteiger partial charge is 0.261 e. The van der Waals surface area contributed by atoms with Crippen molar-refractivity contribution in [2.75, 3.05) is 19.6 Å². The maximum Gasteiger partial charge on any atom is 0.109 e. The first-order valence-electron chi connectivity index (χ1n) is 10.6. The molecule has 0 aliphatic carbocycles. The van der Waals surface area contributed by atoms with E-state index in [-0.39, 0.29) is 23.9 Å². The fourth-order valence-electron chi connectivity index (χ4n) is 5.69. The smallest absolute Gasteiger partial charge is 0.109 e. The SMILES string of the molecule is CC12CN3C(c4cccc(Br)n4)N(C1)C(c1cccc(Br)n1)N(C2)C3c1cccc(Br)n1. The average molecular weight is 621 g/mol. The minimum atomic E-state index is 0.0358. The van der Waals surface area contributed by atoms with Crippen LogP contribution in [0.2, 0.25) is 0 Å². The Morgan fingerprint density at radius 2 is 0.938 bits per heavy atom. The number of aromatic nitrogens is 3. The van der Waals surface area contributed by atoms with Crippen molar-refractivity contribution in [3.05, 3.63) is 85.5 Å². The lowest BCUT2D eigenvalue weighted by Crippen LogP contribution is -2.74. The third kappa shape index (κ3) is 3.49. The Balaban J connectivity index is 1.55. The molecule has 4 aliphatic rings. The van der Waals surface area contributed by atoms with Crippen molar-refractivity contribution in [1.29, 1.82) is 0 Å². The molecule has 7 heterocycles. The molecular weight excluding hydrogens is 600 g/mol. The number of hydrogen-bond donors (Lipinski definition) is 0. The van der Waals surface area contributed by atoms with Crippen LogP contribution in [0.4, 0.5) is 0 Å². The van der Waals surface area contributed by atoms with Gasteiger partial charge in [0.1, 0.15) is 32.3 Å². The Kier molecular flexibility index (Phi) is 5.28. The molecule has 164 valence electrons. The van der Waals surface area contributed by atoms with E-state index in [0.717, 1.165) is 50.5 Å². The van der Waals surface area contributed by atoms with Gasteiger partial charge in [0, 0.05) is 25.0 Å². The van der Waals surface area contributed by atoms with Crippen molar-refractivity contribution >= 4 is 47.8 Å². The molecule has 3 aromatic rings. The first-order chi connectivity index (χ1) is 15.4. The zero-order chi connectivity index (χ0) is 22.0. The number of halogens is 3. The van der Waals surface area contributed by atoms with Crippen molar-refractivity contribution in [3.8, 4) is 0 Å². The molecule has 0 N–H and O–H groups in total. The van der Waals surface area contributed by atoms with Gasteiger partial charge in [-0.05, 0) is 84.2 Å². The number of hydrogen-bond acceptors (Lipinski definition) is 6. The van der Waals surface area contributed by atoms with Crippen LogP contribution in [0.3, 0.4) is 0 Å². The van der Waals surface area contributed by atoms with Crippen LogP contribution >= 0.6 is 47.8 Å². The van der Waals surface area contributed by atoms with Crippen LogP contribution in [0.15, 0.2) is 68.4 Å². The predicted octanol–water partition coefficient (Wildman–Crippen LogP) is 5.51. The van der Waals surface area contributed by atoms with Crippen LogP contribution in [0, 0.1) is 5.41 Å². The summed E-state index contributed by atoms with van der Waals surface area (Å²) in [7, 11) is 0. The van der Waals surface area contributed by atoms with Gasteiger partial charge in [-0.1, -0.05) is 25.1 Å². The van der Waals surface area contributed by atoms with Gasteiger partial charge in [-0.3, -0.25) is 14.7 Å².